The third kappa shape index (κ3) is 5.13. The summed E-state index contributed by atoms with van der Waals surface area (Å²) in [6.07, 6.45) is -3.16. The van der Waals surface area contributed by atoms with Gasteiger partial charge in [0, 0.05) is 6.54 Å². The van der Waals surface area contributed by atoms with Crippen LogP contribution in [0.4, 0.5) is 13.2 Å². The number of carbonyl (C=O) groups excluding carboxylic acids is 1. The van der Waals surface area contributed by atoms with Crippen molar-refractivity contribution < 1.29 is 22.7 Å². The minimum Gasteiger partial charge on any atom is -0.492 e. The van der Waals surface area contributed by atoms with E-state index in [1.165, 1.54) is 12.1 Å². The lowest BCUT2D eigenvalue weighted by molar-refractivity contribution is -0.137. The first-order chi connectivity index (χ1) is 10.8. The van der Waals surface area contributed by atoms with Crippen LogP contribution in [-0.2, 0) is 11.0 Å². The van der Waals surface area contributed by atoms with Gasteiger partial charge in [0.25, 0.3) is 0 Å². The Labute approximate surface area is 134 Å². The number of amides is 1. The van der Waals surface area contributed by atoms with Gasteiger partial charge in [0.1, 0.15) is 12.4 Å². The number of halogens is 3. The van der Waals surface area contributed by atoms with Crippen molar-refractivity contribution in [3.05, 3.63) is 29.8 Å². The molecule has 0 radical (unpaired) electrons. The van der Waals surface area contributed by atoms with Crippen LogP contribution in [0.3, 0.4) is 0 Å². The summed E-state index contributed by atoms with van der Waals surface area (Å²) in [5, 5.41) is 2.73. The molecule has 1 amide bonds. The molecule has 0 aromatic heterocycles. The van der Waals surface area contributed by atoms with Crippen LogP contribution in [0, 0.1) is 5.41 Å². The van der Waals surface area contributed by atoms with Crippen molar-refractivity contribution in [2.24, 2.45) is 11.1 Å². The molecule has 1 aromatic carbocycles. The fourth-order valence-electron chi connectivity index (χ4n) is 2.24. The Kier molecular flexibility index (Phi) is 6.87. The molecule has 0 heterocycles. The second kappa shape index (κ2) is 8.19. The van der Waals surface area contributed by atoms with E-state index in [1.807, 2.05) is 13.8 Å². The Morgan fingerprint density at radius 1 is 1.26 bits per heavy atom. The van der Waals surface area contributed by atoms with Gasteiger partial charge in [-0.2, -0.15) is 13.2 Å². The molecule has 3 N–H and O–H groups in total. The van der Waals surface area contributed by atoms with E-state index < -0.39 is 17.2 Å². The molecule has 0 aliphatic heterocycles. The first-order valence-electron chi connectivity index (χ1n) is 7.57. The molecule has 130 valence electrons. The molecule has 1 aromatic rings. The predicted molar refractivity (Wildman–Crippen MR) is 82.0 cm³/mol. The van der Waals surface area contributed by atoms with E-state index >= 15 is 0 Å². The molecule has 0 spiro atoms. The van der Waals surface area contributed by atoms with Crippen LogP contribution in [0.5, 0.6) is 5.75 Å². The van der Waals surface area contributed by atoms with Crippen LogP contribution < -0.4 is 15.8 Å². The van der Waals surface area contributed by atoms with Crippen molar-refractivity contribution in [3.8, 4) is 5.75 Å². The summed E-state index contributed by atoms with van der Waals surface area (Å²) < 4.78 is 43.0. The van der Waals surface area contributed by atoms with Crippen molar-refractivity contribution in [1.82, 2.24) is 5.32 Å². The van der Waals surface area contributed by atoms with Gasteiger partial charge in [0.15, 0.2) is 0 Å². The van der Waals surface area contributed by atoms with Crippen LogP contribution in [-0.4, -0.2) is 25.6 Å². The number of hydrogen-bond donors (Lipinski definition) is 2. The molecule has 23 heavy (non-hydrogen) atoms. The standard InChI is InChI=1S/C16H23F3N2O2/c1-3-15(4-2,11-20)14(22)21-8-9-23-13-7-5-6-12(10-13)16(17,18)19/h5-7,10H,3-4,8-9,11,20H2,1-2H3,(H,21,22). The van der Waals surface area contributed by atoms with Crippen LogP contribution in [0.1, 0.15) is 32.3 Å². The number of nitrogens with two attached hydrogens (primary N) is 1. The maximum Gasteiger partial charge on any atom is 0.416 e. The molecular formula is C16H23F3N2O2. The van der Waals surface area contributed by atoms with Gasteiger partial charge < -0.3 is 15.8 Å². The average molecular weight is 332 g/mol. The highest BCUT2D eigenvalue weighted by Gasteiger charge is 2.33. The van der Waals surface area contributed by atoms with Crippen molar-refractivity contribution in [2.75, 3.05) is 19.7 Å². The van der Waals surface area contributed by atoms with Gasteiger partial charge in [-0.3, -0.25) is 4.79 Å². The molecule has 7 heteroatoms. The lowest BCUT2D eigenvalue weighted by Crippen LogP contribution is -2.46. The molecule has 0 fully saturated rings. The average Bonchev–Trinajstić information content (AvgIpc) is 2.53. The van der Waals surface area contributed by atoms with Gasteiger partial charge in [0.2, 0.25) is 5.91 Å². The smallest absolute Gasteiger partial charge is 0.416 e. The fourth-order valence-corrected chi connectivity index (χ4v) is 2.24. The van der Waals surface area contributed by atoms with Crippen molar-refractivity contribution >= 4 is 5.91 Å². The zero-order valence-electron chi connectivity index (χ0n) is 13.4. The monoisotopic (exact) mass is 332 g/mol. The van der Waals surface area contributed by atoms with Crippen LogP contribution in [0.25, 0.3) is 0 Å². The molecule has 0 bridgehead atoms. The highest BCUT2D eigenvalue weighted by Crippen LogP contribution is 2.31. The third-order valence-electron chi connectivity index (χ3n) is 4.04. The van der Waals surface area contributed by atoms with E-state index in [2.05, 4.69) is 5.32 Å². The normalized spacial score (nSPS) is 12.1. The van der Waals surface area contributed by atoms with Gasteiger partial charge in [-0.25, -0.2) is 0 Å². The summed E-state index contributed by atoms with van der Waals surface area (Å²) in [6.45, 7) is 4.34. The highest BCUT2D eigenvalue weighted by atomic mass is 19.4. The Bertz CT molecular complexity index is 506. The summed E-state index contributed by atoms with van der Waals surface area (Å²) in [5.41, 5.74) is 4.32. The summed E-state index contributed by atoms with van der Waals surface area (Å²) in [7, 11) is 0. The molecule has 0 saturated carbocycles. The van der Waals surface area contributed by atoms with E-state index in [1.54, 1.807) is 0 Å². The van der Waals surface area contributed by atoms with Gasteiger partial charge in [-0.05, 0) is 31.0 Å². The molecule has 0 atom stereocenters. The predicted octanol–water partition coefficient (Wildman–Crippen LogP) is 2.97. The Balaban J connectivity index is 2.51. The summed E-state index contributed by atoms with van der Waals surface area (Å²) >= 11 is 0. The second-order valence-electron chi connectivity index (χ2n) is 5.32. The third-order valence-corrected chi connectivity index (χ3v) is 4.04. The number of benzene rings is 1. The lowest BCUT2D eigenvalue weighted by Gasteiger charge is -2.28. The SMILES string of the molecule is CCC(CC)(CN)C(=O)NCCOc1cccc(C(F)(F)F)c1. The van der Waals surface area contributed by atoms with E-state index in [9.17, 15) is 18.0 Å². The van der Waals surface area contributed by atoms with Crippen LogP contribution in [0.15, 0.2) is 24.3 Å². The van der Waals surface area contributed by atoms with Gasteiger partial charge in [-0.15, -0.1) is 0 Å². The largest absolute Gasteiger partial charge is 0.492 e. The second-order valence-corrected chi connectivity index (χ2v) is 5.32. The van der Waals surface area contributed by atoms with Gasteiger partial charge in [-0.1, -0.05) is 19.9 Å². The molecule has 0 unspecified atom stereocenters. The minimum absolute atomic E-state index is 0.0845. The van der Waals surface area contributed by atoms with E-state index in [4.69, 9.17) is 10.5 Å². The van der Waals surface area contributed by atoms with Crippen LogP contribution in [0.2, 0.25) is 0 Å². The number of nitrogens with one attached hydrogen (secondary N) is 1. The number of alkyl halides is 3. The highest BCUT2D eigenvalue weighted by molar-refractivity contribution is 5.82. The number of rotatable bonds is 8. The Hall–Kier alpha value is -1.76. The topological polar surface area (TPSA) is 64.4 Å². The van der Waals surface area contributed by atoms with Crippen molar-refractivity contribution in [1.29, 1.82) is 0 Å². The molecule has 0 saturated heterocycles. The summed E-state index contributed by atoms with van der Waals surface area (Å²) in [5.74, 6) is -0.0391. The minimum atomic E-state index is -4.41. The first kappa shape index (κ1) is 19.3. The zero-order valence-corrected chi connectivity index (χ0v) is 13.4. The maximum atomic E-state index is 12.6. The van der Waals surface area contributed by atoms with Crippen LogP contribution >= 0.6 is 0 Å². The molecule has 0 aliphatic carbocycles. The van der Waals surface area contributed by atoms with E-state index in [-0.39, 0.29) is 31.4 Å². The molecular weight excluding hydrogens is 309 g/mol. The summed E-state index contributed by atoms with van der Waals surface area (Å²) in [4.78, 5) is 12.2. The number of carbonyl (C=O) groups is 1. The Morgan fingerprint density at radius 3 is 2.43 bits per heavy atom. The molecule has 1 rings (SSSR count). The fraction of sp³-hybridized carbons (Fsp3) is 0.562. The molecule has 4 nitrogen and oxygen atoms in total. The van der Waals surface area contributed by atoms with Crippen molar-refractivity contribution in [2.45, 2.75) is 32.9 Å². The Morgan fingerprint density at radius 2 is 1.91 bits per heavy atom. The van der Waals surface area contributed by atoms with E-state index in [0.29, 0.717) is 12.8 Å². The number of hydrogen-bond acceptors (Lipinski definition) is 3. The van der Waals surface area contributed by atoms with Crippen molar-refractivity contribution in [3.63, 3.8) is 0 Å². The summed E-state index contributed by atoms with van der Waals surface area (Å²) in [6, 6.07) is 4.64. The number of ether oxygens (including phenoxy) is 1. The van der Waals surface area contributed by atoms with Gasteiger partial charge >= 0.3 is 6.18 Å². The zero-order chi connectivity index (χ0) is 17.5. The van der Waals surface area contributed by atoms with E-state index in [0.717, 1.165) is 12.1 Å². The lowest BCUT2D eigenvalue weighted by atomic mass is 9.81. The maximum absolute atomic E-state index is 12.6. The quantitative estimate of drug-likeness (QED) is 0.719. The van der Waals surface area contributed by atoms with Gasteiger partial charge in [0.05, 0.1) is 17.5 Å². The first-order valence-corrected chi connectivity index (χ1v) is 7.57. The molecule has 0 aliphatic rings.